The molecule has 2 rings (SSSR count). The van der Waals surface area contributed by atoms with Crippen LogP contribution in [0.1, 0.15) is 38.8 Å². The second-order valence-electron chi connectivity index (χ2n) is 5.96. The molecule has 0 aromatic heterocycles. The van der Waals surface area contributed by atoms with Crippen LogP contribution < -0.4 is 0 Å². The van der Waals surface area contributed by atoms with Gasteiger partial charge in [0.25, 0.3) is 0 Å². The second-order valence-corrected chi connectivity index (χ2v) is 5.96. The molecule has 1 saturated carbocycles. The summed E-state index contributed by atoms with van der Waals surface area (Å²) < 4.78 is 0. The zero-order valence-corrected chi connectivity index (χ0v) is 11.5. The molecule has 98 valence electrons. The summed E-state index contributed by atoms with van der Waals surface area (Å²) in [6, 6.07) is 7.08. The maximum atomic E-state index is 12.3. The van der Waals surface area contributed by atoms with Crippen LogP contribution in [0.15, 0.2) is 24.3 Å². The summed E-state index contributed by atoms with van der Waals surface area (Å²) in [6.45, 7) is 6.28. The maximum Gasteiger partial charge on any atom is 0.226 e. The third kappa shape index (κ3) is 2.35. The molecule has 1 fully saturated rings. The average molecular weight is 247 g/mol. The van der Waals surface area contributed by atoms with E-state index in [2.05, 4.69) is 13.8 Å². The molecule has 1 aromatic carbocycles. The van der Waals surface area contributed by atoms with Gasteiger partial charge in [0.1, 0.15) is 5.75 Å². The Morgan fingerprint density at radius 1 is 1.39 bits per heavy atom. The molecule has 3 nitrogen and oxygen atoms in total. The van der Waals surface area contributed by atoms with Gasteiger partial charge in [0.05, 0.1) is 6.04 Å². The van der Waals surface area contributed by atoms with Crippen LogP contribution in [0.3, 0.4) is 0 Å². The van der Waals surface area contributed by atoms with Crippen molar-refractivity contribution in [3.63, 3.8) is 0 Å². The predicted molar refractivity (Wildman–Crippen MR) is 71.2 cm³/mol. The van der Waals surface area contributed by atoms with E-state index < -0.39 is 0 Å². The Kier molecular flexibility index (Phi) is 3.09. The Morgan fingerprint density at radius 2 is 1.89 bits per heavy atom. The van der Waals surface area contributed by atoms with Gasteiger partial charge >= 0.3 is 0 Å². The molecule has 0 bridgehead atoms. The monoisotopic (exact) mass is 247 g/mol. The second kappa shape index (κ2) is 4.30. The first-order chi connectivity index (χ1) is 8.33. The summed E-state index contributed by atoms with van der Waals surface area (Å²) in [5.41, 5.74) is 1.21. The number of rotatable bonds is 3. The van der Waals surface area contributed by atoms with Gasteiger partial charge in [0.2, 0.25) is 5.91 Å². The molecule has 0 aliphatic heterocycles. The molecular weight excluding hydrogens is 226 g/mol. The van der Waals surface area contributed by atoms with Crippen molar-refractivity contribution in [3.05, 3.63) is 29.8 Å². The Bertz CT molecular complexity index is 450. The largest absolute Gasteiger partial charge is 0.508 e. The van der Waals surface area contributed by atoms with Gasteiger partial charge in [-0.05, 0) is 36.5 Å². The normalized spacial score (nSPS) is 22.3. The van der Waals surface area contributed by atoms with Crippen LogP contribution in [-0.2, 0) is 4.79 Å². The van der Waals surface area contributed by atoms with E-state index >= 15 is 0 Å². The highest BCUT2D eigenvalue weighted by atomic mass is 16.3. The molecule has 1 amide bonds. The lowest BCUT2D eigenvalue weighted by molar-refractivity contribution is -0.133. The molecule has 0 radical (unpaired) electrons. The number of hydrogen-bond donors (Lipinski definition) is 1. The molecule has 3 heteroatoms. The van der Waals surface area contributed by atoms with E-state index in [4.69, 9.17) is 0 Å². The molecule has 1 aromatic rings. The van der Waals surface area contributed by atoms with Gasteiger partial charge < -0.3 is 10.0 Å². The van der Waals surface area contributed by atoms with E-state index in [-0.39, 0.29) is 29.0 Å². The van der Waals surface area contributed by atoms with E-state index in [1.54, 1.807) is 12.1 Å². The lowest BCUT2D eigenvalue weighted by Crippen LogP contribution is -2.32. The van der Waals surface area contributed by atoms with Crippen LogP contribution in [-0.4, -0.2) is 23.0 Å². The zero-order valence-electron chi connectivity index (χ0n) is 11.5. The van der Waals surface area contributed by atoms with Gasteiger partial charge in [-0.15, -0.1) is 0 Å². The number of phenols is 1. The van der Waals surface area contributed by atoms with Crippen molar-refractivity contribution in [1.29, 1.82) is 0 Å². The third-order valence-corrected chi connectivity index (χ3v) is 4.12. The highest BCUT2D eigenvalue weighted by Crippen LogP contribution is 2.52. The topological polar surface area (TPSA) is 40.5 Å². The molecule has 0 heterocycles. The number of nitrogens with zero attached hydrogens (tertiary/aromatic N) is 1. The number of carbonyl (C=O) groups is 1. The Balaban J connectivity index is 2.07. The van der Waals surface area contributed by atoms with Gasteiger partial charge in [-0.1, -0.05) is 26.0 Å². The number of hydrogen-bond acceptors (Lipinski definition) is 2. The average Bonchev–Trinajstić information content (AvgIpc) is 2.96. The number of benzene rings is 1. The van der Waals surface area contributed by atoms with Gasteiger partial charge in [-0.3, -0.25) is 4.79 Å². The van der Waals surface area contributed by atoms with Gasteiger partial charge in [0, 0.05) is 13.0 Å². The minimum Gasteiger partial charge on any atom is -0.508 e. The first kappa shape index (κ1) is 12.9. The molecule has 18 heavy (non-hydrogen) atoms. The summed E-state index contributed by atoms with van der Waals surface area (Å²) in [6.07, 6.45) is 0.985. The van der Waals surface area contributed by atoms with Gasteiger partial charge in [-0.2, -0.15) is 0 Å². The fourth-order valence-corrected chi connectivity index (χ4v) is 2.30. The first-order valence-corrected chi connectivity index (χ1v) is 6.38. The lowest BCUT2D eigenvalue weighted by Gasteiger charge is -2.26. The molecule has 1 N–H and O–H groups in total. The number of amides is 1. The van der Waals surface area contributed by atoms with Crippen molar-refractivity contribution in [2.45, 2.75) is 33.2 Å². The molecular formula is C15H21NO2. The zero-order chi connectivity index (χ0) is 13.5. The predicted octanol–water partition coefficient (Wildman–Crippen LogP) is 2.96. The van der Waals surface area contributed by atoms with Crippen molar-refractivity contribution >= 4 is 5.91 Å². The minimum atomic E-state index is 0.0366. The highest BCUT2D eigenvalue weighted by molar-refractivity contribution is 5.82. The maximum absolute atomic E-state index is 12.3. The summed E-state index contributed by atoms with van der Waals surface area (Å²) in [5.74, 6) is 0.644. The van der Waals surface area contributed by atoms with E-state index in [9.17, 15) is 9.90 Å². The highest BCUT2D eigenvalue weighted by Gasteiger charge is 2.51. The van der Waals surface area contributed by atoms with E-state index in [0.717, 1.165) is 12.0 Å². The van der Waals surface area contributed by atoms with Crippen LogP contribution in [0.5, 0.6) is 5.75 Å². The summed E-state index contributed by atoms with van der Waals surface area (Å²) in [5, 5.41) is 9.27. The standard InChI is InChI=1S/C15H21NO2/c1-10(11-5-7-12(17)8-6-11)16(4)14(18)13-9-15(13,2)3/h5-8,10,13,17H,9H2,1-4H3. The Labute approximate surface area is 108 Å². The lowest BCUT2D eigenvalue weighted by atomic mass is 10.1. The van der Waals surface area contributed by atoms with E-state index in [1.165, 1.54) is 0 Å². The number of phenolic OH excluding ortho intramolecular Hbond substituents is 1. The smallest absolute Gasteiger partial charge is 0.226 e. The molecule has 0 saturated heterocycles. The quantitative estimate of drug-likeness (QED) is 0.892. The number of aromatic hydroxyl groups is 1. The minimum absolute atomic E-state index is 0.0366. The van der Waals surface area contributed by atoms with Crippen molar-refractivity contribution in [1.82, 2.24) is 4.90 Å². The molecule has 0 spiro atoms. The van der Waals surface area contributed by atoms with Crippen LogP contribution in [0.2, 0.25) is 0 Å². The third-order valence-electron chi connectivity index (χ3n) is 4.12. The van der Waals surface area contributed by atoms with Crippen LogP contribution in [0.25, 0.3) is 0 Å². The summed E-state index contributed by atoms with van der Waals surface area (Å²) in [7, 11) is 1.86. The van der Waals surface area contributed by atoms with E-state index in [0.29, 0.717) is 0 Å². The van der Waals surface area contributed by atoms with Crippen LogP contribution in [0, 0.1) is 11.3 Å². The summed E-state index contributed by atoms with van der Waals surface area (Å²) >= 11 is 0. The molecule has 2 atom stereocenters. The van der Waals surface area contributed by atoms with Crippen molar-refractivity contribution in [3.8, 4) is 5.75 Å². The molecule has 1 aliphatic rings. The fraction of sp³-hybridized carbons (Fsp3) is 0.533. The van der Waals surface area contributed by atoms with Crippen LogP contribution in [0.4, 0.5) is 0 Å². The molecule has 1 aliphatic carbocycles. The SMILES string of the molecule is CC(c1ccc(O)cc1)N(C)C(=O)C1CC1(C)C. The Hall–Kier alpha value is -1.51. The van der Waals surface area contributed by atoms with Crippen molar-refractivity contribution in [2.75, 3.05) is 7.05 Å². The van der Waals surface area contributed by atoms with Gasteiger partial charge in [-0.25, -0.2) is 0 Å². The Morgan fingerprint density at radius 3 is 2.33 bits per heavy atom. The summed E-state index contributed by atoms with van der Waals surface area (Å²) in [4.78, 5) is 14.1. The molecule has 2 unspecified atom stereocenters. The van der Waals surface area contributed by atoms with Crippen molar-refractivity contribution in [2.24, 2.45) is 11.3 Å². The van der Waals surface area contributed by atoms with Gasteiger partial charge in [0.15, 0.2) is 0 Å². The first-order valence-electron chi connectivity index (χ1n) is 6.38. The van der Waals surface area contributed by atoms with Crippen LogP contribution >= 0.6 is 0 Å². The van der Waals surface area contributed by atoms with Crippen molar-refractivity contribution < 1.29 is 9.90 Å². The number of carbonyl (C=O) groups excluding carboxylic acids is 1. The van der Waals surface area contributed by atoms with E-state index in [1.807, 2.05) is 31.0 Å². The fourth-order valence-electron chi connectivity index (χ4n) is 2.30.